The Morgan fingerprint density at radius 1 is 1.24 bits per heavy atom. The largest absolute Gasteiger partial charge is 0.494 e. The molecule has 0 amide bonds. The quantitative estimate of drug-likeness (QED) is 0.707. The standard InChI is InChI=1S/C16H23NO4/c1-3-20-13-6-8-14(9-7-13)21-11-10-15(16(18)19-2)17-12-4-5-12/h6-9,12,15,17H,3-5,10-11H2,1-2H3. The fraction of sp³-hybridized carbons (Fsp3) is 0.562. The Labute approximate surface area is 125 Å². The van der Waals surface area contributed by atoms with Gasteiger partial charge in [-0.2, -0.15) is 0 Å². The third-order valence-corrected chi connectivity index (χ3v) is 3.31. The summed E-state index contributed by atoms with van der Waals surface area (Å²) in [6, 6.07) is 7.65. The molecule has 0 saturated heterocycles. The van der Waals surface area contributed by atoms with Crippen molar-refractivity contribution in [2.24, 2.45) is 0 Å². The van der Waals surface area contributed by atoms with Crippen molar-refractivity contribution in [2.75, 3.05) is 20.3 Å². The number of benzene rings is 1. The maximum absolute atomic E-state index is 11.7. The average molecular weight is 293 g/mol. The van der Waals surface area contributed by atoms with Gasteiger partial charge < -0.3 is 19.5 Å². The van der Waals surface area contributed by atoms with Gasteiger partial charge in [0.15, 0.2) is 0 Å². The Hall–Kier alpha value is -1.75. The van der Waals surface area contributed by atoms with Crippen LogP contribution in [0.4, 0.5) is 0 Å². The van der Waals surface area contributed by atoms with Gasteiger partial charge in [0.25, 0.3) is 0 Å². The molecule has 1 unspecified atom stereocenters. The van der Waals surface area contributed by atoms with E-state index in [1.807, 2.05) is 31.2 Å². The minimum absolute atomic E-state index is 0.225. The summed E-state index contributed by atoms with van der Waals surface area (Å²) in [6.07, 6.45) is 2.86. The monoisotopic (exact) mass is 293 g/mol. The van der Waals surface area contributed by atoms with Gasteiger partial charge in [0.05, 0.1) is 20.3 Å². The summed E-state index contributed by atoms with van der Waals surface area (Å²) in [6.45, 7) is 3.06. The van der Waals surface area contributed by atoms with E-state index in [1.54, 1.807) is 0 Å². The van der Waals surface area contributed by atoms with Gasteiger partial charge in [-0.15, -0.1) is 0 Å². The fourth-order valence-electron chi connectivity index (χ4n) is 2.04. The van der Waals surface area contributed by atoms with E-state index in [2.05, 4.69) is 5.32 Å². The van der Waals surface area contributed by atoms with Crippen LogP contribution < -0.4 is 14.8 Å². The number of carbonyl (C=O) groups is 1. The Balaban J connectivity index is 1.76. The van der Waals surface area contributed by atoms with Crippen LogP contribution in [-0.2, 0) is 9.53 Å². The fourth-order valence-corrected chi connectivity index (χ4v) is 2.04. The lowest BCUT2D eigenvalue weighted by molar-refractivity contribution is -0.143. The molecule has 0 aliphatic heterocycles. The van der Waals surface area contributed by atoms with Gasteiger partial charge in [0, 0.05) is 12.5 Å². The molecule has 1 aliphatic carbocycles. The SMILES string of the molecule is CCOc1ccc(OCCC(NC2CC2)C(=O)OC)cc1. The average Bonchev–Trinajstić information content (AvgIpc) is 3.31. The minimum Gasteiger partial charge on any atom is -0.494 e. The van der Waals surface area contributed by atoms with Crippen LogP contribution in [0.25, 0.3) is 0 Å². The maximum Gasteiger partial charge on any atom is 0.322 e. The third kappa shape index (κ3) is 5.27. The molecule has 5 heteroatoms. The zero-order valence-electron chi connectivity index (χ0n) is 12.6. The number of hydrogen-bond donors (Lipinski definition) is 1. The minimum atomic E-state index is -0.287. The molecular formula is C16H23NO4. The zero-order chi connectivity index (χ0) is 15.1. The van der Waals surface area contributed by atoms with Crippen LogP contribution in [0, 0.1) is 0 Å². The topological polar surface area (TPSA) is 56.8 Å². The van der Waals surface area contributed by atoms with Crippen molar-refractivity contribution >= 4 is 5.97 Å². The number of nitrogens with one attached hydrogen (secondary N) is 1. The molecule has 2 rings (SSSR count). The molecule has 0 bridgehead atoms. The Morgan fingerprint density at radius 2 is 1.86 bits per heavy atom. The zero-order valence-corrected chi connectivity index (χ0v) is 12.6. The second-order valence-corrected chi connectivity index (χ2v) is 5.06. The van der Waals surface area contributed by atoms with E-state index in [-0.39, 0.29) is 12.0 Å². The molecule has 1 saturated carbocycles. The molecule has 1 fully saturated rings. The van der Waals surface area contributed by atoms with Crippen LogP contribution in [0.1, 0.15) is 26.2 Å². The van der Waals surface area contributed by atoms with Crippen LogP contribution in [0.3, 0.4) is 0 Å². The summed E-state index contributed by atoms with van der Waals surface area (Å²) in [4.78, 5) is 11.7. The summed E-state index contributed by atoms with van der Waals surface area (Å²) in [5, 5.41) is 3.28. The van der Waals surface area contributed by atoms with Crippen molar-refractivity contribution in [1.29, 1.82) is 0 Å². The third-order valence-electron chi connectivity index (χ3n) is 3.31. The molecule has 5 nitrogen and oxygen atoms in total. The molecule has 1 aromatic rings. The summed E-state index contributed by atoms with van der Waals surface area (Å²) in [5.41, 5.74) is 0. The number of rotatable bonds is 9. The highest BCUT2D eigenvalue weighted by molar-refractivity contribution is 5.75. The first-order valence-electron chi connectivity index (χ1n) is 7.42. The normalized spacial score (nSPS) is 15.3. The van der Waals surface area contributed by atoms with Crippen LogP contribution in [0.15, 0.2) is 24.3 Å². The van der Waals surface area contributed by atoms with Crippen LogP contribution >= 0.6 is 0 Å². The number of hydrogen-bond acceptors (Lipinski definition) is 5. The Kier molecular flexibility index (Phi) is 5.87. The molecule has 1 aromatic carbocycles. The van der Waals surface area contributed by atoms with Crippen molar-refractivity contribution in [1.82, 2.24) is 5.32 Å². The lowest BCUT2D eigenvalue weighted by Gasteiger charge is -2.16. The smallest absolute Gasteiger partial charge is 0.322 e. The molecule has 0 aromatic heterocycles. The number of esters is 1. The van der Waals surface area contributed by atoms with E-state index in [9.17, 15) is 4.79 Å². The molecular weight excluding hydrogens is 270 g/mol. The van der Waals surface area contributed by atoms with Gasteiger partial charge in [0.1, 0.15) is 17.5 Å². The molecule has 0 radical (unpaired) electrons. The van der Waals surface area contributed by atoms with Crippen molar-refractivity contribution in [3.63, 3.8) is 0 Å². The summed E-state index contributed by atoms with van der Waals surface area (Å²) in [5.74, 6) is 1.37. The molecule has 1 atom stereocenters. The van der Waals surface area contributed by atoms with Gasteiger partial charge in [0.2, 0.25) is 0 Å². The molecule has 116 valence electrons. The lowest BCUT2D eigenvalue weighted by atomic mass is 10.2. The first-order chi connectivity index (χ1) is 10.2. The highest BCUT2D eigenvalue weighted by atomic mass is 16.5. The van der Waals surface area contributed by atoms with Gasteiger partial charge in [-0.05, 0) is 44.0 Å². The molecule has 0 spiro atoms. The van der Waals surface area contributed by atoms with Crippen LogP contribution in [-0.4, -0.2) is 38.4 Å². The van der Waals surface area contributed by atoms with Gasteiger partial charge in [-0.3, -0.25) is 4.79 Å². The van der Waals surface area contributed by atoms with Crippen LogP contribution in [0.2, 0.25) is 0 Å². The predicted octanol–water partition coefficient (Wildman–Crippen LogP) is 2.15. The lowest BCUT2D eigenvalue weighted by Crippen LogP contribution is -2.40. The first-order valence-corrected chi connectivity index (χ1v) is 7.42. The van der Waals surface area contributed by atoms with Crippen molar-refractivity contribution in [2.45, 2.75) is 38.3 Å². The number of methoxy groups -OCH3 is 1. The van der Waals surface area contributed by atoms with Gasteiger partial charge >= 0.3 is 5.97 Å². The molecule has 0 heterocycles. The number of carbonyl (C=O) groups excluding carboxylic acids is 1. The van der Waals surface area contributed by atoms with Crippen molar-refractivity contribution in [3.05, 3.63) is 24.3 Å². The van der Waals surface area contributed by atoms with Gasteiger partial charge in [-0.1, -0.05) is 0 Å². The molecule has 1 aliphatic rings. The summed E-state index contributed by atoms with van der Waals surface area (Å²) in [7, 11) is 1.41. The van der Waals surface area contributed by atoms with Crippen molar-refractivity contribution < 1.29 is 19.0 Å². The van der Waals surface area contributed by atoms with E-state index in [4.69, 9.17) is 14.2 Å². The van der Waals surface area contributed by atoms with Crippen molar-refractivity contribution in [3.8, 4) is 11.5 Å². The molecule has 1 N–H and O–H groups in total. The maximum atomic E-state index is 11.7. The highest BCUT2D eigenvalue weighted by Crippen LogP contribution is 2.21. The first kappa shape index (κ1) is 15.6. The van der Waals surface area contributed by atoms with Gasteiger partial charge in [-0.25, -0.2) is 0 Å². The summed E-state index contributed by atoms with van der Waals surface area (Å²) < 4.78 is 15.8. The van der Waals surface area contributed by atoms with E-state index in [1.165, 1.54) is 7.11 Å². The van der Waals surface area contributed by atoms with E-state index in [0.29, 0.717) is 25.7 Å². The second-order valence-electron chi connectivity index (χ2n) is 5.06. The Morgan fingerprint density at radius 3 is 2.38 bits per heavy atom. The highest BCUT2D eigenvalue weighted by Gasteiger charge is 2.28. The summed E-state index contributed by atoms with van der Waals surface area (Å²) >= 11 is 0. The van der Waals surface area contributed by atoms with E-state index < -0.39 is 0 Å². The number of ether oxygens (including phenoxy) is 3. The Bertz CT molecular complexity index is 442. The van der Waals surface area contributed by atoms with E-state index >= 15 is 0 Å². The van der Waals surface area contributed by atoms with E-state index in [0.717, 1.165) is 24.3 Å². The molecule has 21 heavy (non-hydrogen) atoms. The predicted molar refractivity (Wildman–Crippen MR) is 79.7 cm³/mol. The second kappa shape index (κ2) is 7.88. The van der Waals surface area contributed by atoms with Crippen LogP contribution in [0.5, 0.6) is 11.5 Å².